The van der Waals surface area contributed by atoms with E-state index in [1.54, 1.807) is 24.3 Å². The van der Waals surface area contributed by atoms with Gasteiger partial charge in [0.05, 0.1) is 18.8 Å². The number of benzene rings is 2. The fourth-order valence-corrected chi connectivity index (χ4v) is 6.14. The Labute approximate surface area is 232 Å². The van der Waals surface area contributed by atoms with Crippen LogP contribution in [0.25, 0.3) is 0 Å². The van der Waals surface area contributed by atoms with Gasteiger partial charge in [0.1, 0.15) is 11.2 Å². The topological polar surface area (TPSA) is 98.7 Å². The average Bonchev–Trinajstić information content (AvgIpc) is 3.28. The molecule has 0 unspecified atom stereocenters. The zero-order valence-corrected chi connectivity index (χ0v) is 23.1. The molecule has 0 aliphatic carbocycles. The van der Waals surface area contributed by atoms with Crippen molar-refractivity contribution in [1.82, 2.24) is 5.32 Å². The number of amides is 1. The molecule has 2 aliphatic heterocycles. The van der Waals surface area contributed by atoms with E-state index in [0.29, 0.717) is 29.0 Å². The highest BCUT2D eigenvalue weighted by Gasteiger charge is 2.65. The molecule has 0 bridgehead atoms. The number of Topliss-reactive ketones (excluding diaryl/α,β-unsaturated/α-hetero) is 1. The first-order valence-corrected chi connectivity index (χ1v) is 12.9. The van der Waals surface area contributed by atoms with Gasteiger partial charge in [0.2, 0.25) is 5.91 Å². The highest BCUT2D eigenvalue weighted by molar-refractivity contribution is 6.30. The van der Waals surface area contributed by atoms with E-state index in [4.69, 9.17) is 16.7 Å². The second-order valence-electron chi connectivity index (χ2n) is 11.3. The van der Waals surface area contributed by atoms with Crippen molar-refractivity contribution in [3.63, 3.8) is 0 Å². The van der Waals surface area contributed by atoms with E-state index in [1.165, 1.54) is 0 Å². The van der Waals surface area contributed by atoms with Gasteiger partial charge in [0, 0.05) is 35.2 Å². The van der Waals surface area contributed by atoms with Crippen molar-refractivity contribution in [2.45, 2.75) is 76.0 Å². The van der Waals surface area contributed by atoms with E-state index < -0.39 is 53.7 Å². The molecule has 38 heavy (non-hydrogen) atoms. The molecular formula is C28H34Cl2F2N2O4. The fraction of sp³-hybridized carbons (Fsp3) is 0.500. The van der Waals surface area contributed by atoms with Gasteiger partial charge in [-0.25, -0.2) is 8.78 Å². The number of rotatable bonds is 8. The van der Waals surface area contributed by atoms with Gasteiger partial charge >= 0.3 is 0 Å². The number of anilines is 1. The first-order chi connectivity index (χ1) is 17.4. The van der Waals surface area contributed by atoms with Crippen LogP contribution in [0, 0.1) is 17.0 Å². The summed E-state index contributed by atoms with van der Waals surface area (Å²) in [4.78, 5) is 27.6. The maximum absolute atomic E-state index is 14.7. The summed E-state index contributed by atoms with van der Waals surface area (Å²) in [5.41, 5.74) is -0.524. The molecule has 6 nitrogen and oxygen atoms in total. The predicted molar refractivity (Wildman–Crippen MR) is 145 cm³/mol. The number of ketones is 1. The molecule has 1 spiro atoms. The molecule has 4 N–H and O–H groups in total. The molecular weight excluding hydrogens is 537 g/mol. The van der Waals surface area contributed by atoms with Crippen LogP contribution in [0.1, 0.15) is 63.5 Å². The summed E-state index contributed by atoms with van der Waals surface area (Å²) in [5, 5.41) is 25.4. The number of hydrogen-bond donors (Lipinski definition) is 4. The molecule has 4 rings (SSSR count). The summed E-state index contributed by atoms with van der Waals surface area (Å²) in [7, 11) is 0. The molecule has 0 saturated carbocycles. The maximum Gasteiger partial charge on any atom is 0.237 e. The van der Waals surface area contributed by atoms with E-state index in [9.17, 15) is 23.5 Å². The molecule has 5 atom stereocenters. The van der Waals surface area contributed by atoms with Gasteiger partial charge in [-0.15, -0.1) is 12.4 Å². The molecule has 10 heteroatoms. The van der Waals surface area contributed by atoms with Gasteiger partial charge in [-0.1, -0.05) is 44.5 Å². The summed E-state index contributed by atoms with van der Waals surface area (Å²) >= 11 is 6.34. The molecule has 2 heterocycles. The van der Waals surface area contributed by atoms with Crippen LogP contribution < -0.4 is 10.6 Å². The standard InChI is InChI=1S/C28H33ClF2N2O4.ClH/c1-27(2,3)13-23-28(18-11-19(30)20(31)12-21(18)32-26(28)37)24(15-6-4-7-16(29)10-15)25(33-23)22(36)9-5-8-17(35)14-34;/h4,6-7,10-12,17,23-25,33-35H,5,8-9,13-14H2,1-3H3,(H,32,37);1H/t17-,23+,24-,25-,28-;/m0./s1. The number of aliphatic hydroxyl groups is 2. The van der Waals surface area contributed by atoms with Crippen LogP contribution in [0.5, 0.6) is 0 Å². The van der Waals surface area contributed by atoms with Gasteiger partial charge in [-0.3, -0.25) is 9.59 Å². The Morgan fingerprint density at radius 2 is 1.87 bits per heavy atom. The second kappa shape index (κ2) is 11.6. The first-order valence-electron chi connectivity index (χ1n) is 12.5. The van der Waals surface area contributed by atoms with Crippen molar-refractivity contribution in [3.8, 4) is 0 Å². The first kappa shape index (κ1) is 30.4. The Hall–Kier alpha value is -2.10. The smallest absolute Gasteiger partial charge is 0.237 e. The van der Waals surface area contributed by atoms with Gasteiger partial charge in [-0.05, 0) is 54.0 Å². The third kappa shape index (κ3) is 5.61. The summed E-state index contributed by atoms with van der Waals surface area (Å²) in [5.74, 6) is -3.48. The Bertz CT molecular complexity index is 1210. The van der Waals surface area contributed by atoms with Crippen LogP contribution in [-0.2, 0) is 15.0 Å². The van der Waals surface area contributed by atoms with Crippen molar-refractivity contribution in [1.29, 1.82) is 0 Å². The largest absolute Gasteiger partial charge is 0.394 e. The van der Waals surface area contributed by atoms with Gasteiger partial charge in [0.25, 0.3) is 0 Å². The van der Waals surface area contributed by atoms with Crippen molar-refractivity contribution < 1.29 is 28.6 Å². The molecule has 2 aromatic rings. The summed E-state index contributed by atoms with van der Waals surface area (Å²) in [6.45, 7) is 5.65. The molecule has 1 fully saturated rings. The molecule has 0 radical (unpaired) electrons. The summed E-state index contributed by atoms with van der Waals surface area (Å²) in [6.07, 6.45) is 0.263. The minimum atomic E-state index is -1.40. The third-order valence-electron chi connectivity index (χ3n) is 7.43. The molecule has 208 valence electrons. The lowest BCUT2D eigenvalue weighted by Gasteiger charge is -2.37. The van der Waals surface area contributed by atoms with Gasteiger partial charge < -0.3 is 20.8 Å². The Kier molecular flexibility index (Phi) is 9.26. The second-order valence-corrected chi connectivity index (χ2v) is 11.8. The third-order valence-corrected chi connectivity index (χ3v) is 7.66. The van der Waals surface area contributed by atoms with Gasteiger partial charge in [0.15, 0.2) is 11.6 Å². The average molecular weight is 571 g/mol. The summed E-state index contributed by atoms with van der Waals surface area (Å²) in [6, 6.07) is 7.60. The quantitative estimate of drug-likeness (QED) is 0.362. The number of hydrogen-bond acceptors (Lipinski definition) is 5. The van der Waals surface area contributed by atoms with E-state index in [1.807, 2.05) is 20.8 Å². The highest BCUT2D eigenvalue weighted by atomic mass is 35.5. The lowest BCUT2D eigenvalue weighted by atomic mass is 9.62. The van der Waals surface area contributed by atoms with Crippen molar-refractivity contribution in [3.05, 3.63) is 64.2 Å². The monoisotopic (exact) mass is 570 g/mol. The van der Waals surface area contributed by atoms with Crippen LogP contribution in [0.2, 0.25) is 5.02 Å². The zero-order valence-electron chi connectivity index (χ0n) is 21.6. The zero-order chi connectivity index (χ0) is 27.1. The van der Waals surface area contributed by atoms with E-state index in [2.05, 4.69) is 10.6 Å². The van der Waals surface area contributed by atoms with Crippen molar-refractivity contribution in [2.24, 2.45) is 5.41 Å². The van der Waals surface area contributed by atoms with Crippen LogP contribution in [0.4, 0.5) is 14.5 Å². The summed E-state index contributed by atoms with van der Waals surface area (Å²) < 4.78 is 28.9. The molecule has 1 amide bonds. The van der Waals surface area contributed by atoms with Crippen LogP contribution in [0.3, 0.4) is 0 Å². The minimum Gasteiger partial charge on any atom is -0.394 e. The number of carbonyl (C=O) groups excluding carboxylic acids is 2. The minimum absolute atomic E-state index is 0. The number of halogens is 4. The van der Waals surface area contributed by atoms with Crippen LogP contribution in [0.15, 0.2) is 36.4 Å². The van der Waals surface area contributed by atoms with Crippen molar-refractivity contribution >= 4 is 41.4 Å². The van der Waals surface area contributed by atoms with Crippen molar-refractivity contribution in [2.75, 3.05) is 11.9 Å². The number of fused-ring (bicyclic) bond motifs is 2. The Morgan fingerprint density at radius 1 is 1.18 bits per heavy atom. The van der Waals surface area contributed by atoms with Crippen LogP contribution >= 0.6 is 24.0 Å². The maximum atomic E-state index is 14.7. The highest BCUT2D eigenvalue weighted by Crippen LogP contribution is 2.57. The molecule has 2 aromatic carbocycles. The lowest BCUT2D eigenvalue weighted by molar-refractivity contribution is -0.122. The lowest BCUT2D eigenvalue weighted by Crippen LogP contribution is -2.49. The van der Waals surface area contributed by atoms with E-state index >= 15 is 0 Å². The SMILES string of the molecule is CC(C)(C)C[C@H]1N[C@@H](C(=O)CCC[C@H](O)CO)[C@H](c2cccc(Cl)c2)[C@@]12C(=O)Nc1cc(F)c(F)cc12.Cl. The number of carbonyl (C=O) groups is 2. The molecule has 0 aromatic heterocycles. The predicted octanol–water partition coefficient (Wildman–Crippen LogP) is 4.88. The fourth-order valence-electron chi connectivity index (χ4n) is 5.94. The Morgan fingerprint density at radius 3 is 2.50 bits per heavy atom. The molecule has 1 saturated heterocycles. The number of nitrogens with one attached hydrogen (secondary N) is 2. The Balaban J connectivity index is 0.00000400. The van der Waals surface area contributed by atoms with E-state index in [-0.39, 0.29) is 42.1 Å². The van der Waals surface area contributed by atoms with Gasteiger partial charge in [-0.2, -0.15) is 0 Å². The van der Waals surface area contributed by atoms with E-state index in [0.717, 1.165) is 12.1 Å². The normalized spacial score (nSPS) is 25.2. The number of aliphatic hydroxyl groups excluding tert-OH is 2. The van der Waals surface area contributed by atoms with Crippen LogP contribution in [-0.4, -0.2) is 46.7 Å². The molecule has 2 aliphatic rings.